The summed E-state index contributed by atoms with van der Waals surface area (Å²) in [7, 11) is 0. The maximum absolute atomic E-state index is 11.7. The van der Waals surface area contributed by atoms with Crippen LogP contribution in [0, 0.1) is 24.8 Å². The second-order valence-corrected chi connectivity index (χ2v) is 13.0. The fourth-order valence-corrected chi connectivity index (χ4v) is 6.90. The molecule has 7 rings (SSSR count). The fraction of sp³-hybridized carbons (Fsp3) is 0.239. The summed E-state index contributed by atoms with van der Waals surface area (Å²) in [6.07, 6.45) is 10.6. The van der Waals surface area contributed by atoms with Gasteiger partial charge in [0.25, 0.3) is 0 Å². The summed E-state index contributed by atoms with van der Waals surface area (Å²) in [4.78, 5) is 20.9. The number of carbonyl (C=O) groups excluding carboxylic acids is 1. The van der Waals surface area contributed by atoms with E-state index in [1.807, 2.05) is 76.6 Å². The van der Waals surface area contributed by atoms with Crippen LogP contribution >= 0.6 is 0 Å². The summed E-state index contributed by atoms with van der Waals surface area (Å²) in [5, 5.41) is 14.2. The van der Waals surface area contributed by atoms with E-state index in [9.17, 15) is 9.90 Å². The van der Waals surface area contributed by atoms with E-state index in [0.717, 1.165) is 92.1 Å². The van der Waals surface area contributed by atoms with Crippen LogP contribution in [0.25, 0.3) is 66.2 Å². The molecule has 0 saturated heterocycles. The van der Waals surface area contributed by atoms with Crippen LogP contribution in [0.3, 0.4) is 0 Å². The minimum atomic E-state index is 0. The number of carbonyl (C=O) groups is 1. The maximum atomic E-state index is 11.7. The number of rotatable bonds is 10. The van der Waals surface area contributed by atoms with Gasteiger partial charge in [0.2, 0.25) is 0 Å². The Labute approximate surface area is 320 Å². The maximum Gasteiger partial charge on any atom is 0.162 e. The zero-order valence-corrected chi connectivity index (χ0v) is 32.8. The first kappa shape index (κ1) is 38.3. The number of aliphatic hydroxyl groups is 1. The molecule has 1 N–H and O–H groups in total. The second kappa shape index (κ2) is 17.5. The van der Waals surface area contributed by atoms with Gasteiger partial charge in [-0.25, -0.2) is 0 Å². The van der Waals surface area contributed by atoms with Crippen molar-refractivity contribution in [2.75, 3.05) is 0 Å². The van der Waals surface area contributed by atoms with Gasteiger partial charge in [0.1, 0.15) is 5.58 Å². The Morgan fingerprint density at radius 2 is 1.42 bits per heavy atom. The number of para-hydroxylation sites is 1. The molecule has 0 atom stereocenters. The largest absolute Gasteiger partial charge is 0.512 e. The van der Waals surface area contributed by atoms with Crippen LogP contribution in [0.2, 0.25) is 0 Å². The van der Waals surface area contributed by atoms with E-state index in [2.05, 4.69) is 83.6 Å². The molecule has 0 amide bonds. The van der Waals surface area contributed by atoms with Gasteiger partial charge in [-0.1, -0.05) is 111 Å². The Bertz CT molecular complexity index is 2320. The van der Waals surface area contributed by atoms with Crippen LogP contribution in [0.5, 0.6) is 0 Å². The summed E-state index contributed by atoms with van der Waals surface area (Å²) in [5.74, 6) is 0.547. The van der Waals surface area contributed by atoms with Gasteiger partial charge < -0.3 is 14.5 Å². The molecule has 0 spiro atoms. The SMILES string of the molecule is CCC(CC)C(=O)/C=C(\O)C(CC)CC.Cc1cncc2c(-c3cccc4c3oc3c(-c5cc(-c6ccccc6)ccn5)[c-]ccc34)cccc12.[Ir]. The van der Waals surface area contributed by atoms with Crippen LogP contribution in [-0.4, -0.2) is 20.9 Å². The minimum Gasteiger partial charge on any atom is -0.512 e. The molecule has 5 nitrogen and oxygen atoms in total. The fourth-order valence-electron chi connectivity index (χ4n) is 6.90. The molecule has 0 unspecified atom stereocenters. The van der Waals surface area contributed by atoms with E-state index < -0.39 is 0 Å². The van der Waals surface area contributed by atoms with Crippen LogP contribution < -0.4 is 0 Å². The third kappa shape index (κ3) is 7.94. The van der Waals surface area contributed by atoms with Gasteiger partial charge >= 0.3 is 0 Å². The summed E-state index contributed by atoms with van der Waals surface area (Å²) < 4.78 is 6.66. The van der Waals surface area contributed by atoms with Crippen molar-refractivity contribution in [1.82, 2.24) is 9.97 Å². The number of benzene rings is 4. The summed E-state index contributed by atoms with van der Waals surface area (Å²) in [6.45, 7) is 10.2. The molecule has 52 heavy (non-hydrogen) atoms. The molecule has 0 aliphatic carbocycles. The molecule has 0 aliphatic rings. The Kier molecular flexibility index (Phi) is 12.9. The number of hydrogen-bond donors (Lipinski definition) is 1. The Morgan fingerprint density at radius 1 is 0.750 bits per heavy atom. The number of aliphatic hydroxyl groups excluding tert-OH is 1. The van der Waals surface area contributed by atoms with E-state index in [1.165, 1.54) is 11.5 Å². The van der Waals surface area contributed by atoms with E-state index in [4.69, 9.17) is 4.42 Å². The number of fused-ring (bicyclic) bond motifs is 4. The predicted octanol–water partition coefficient (Wildman–Crippen LogP) is 12.5. The van der Waals surface area contributed by atoms with E-state index in [0.29, 0.717) is 0 Å². The molecule has 0 bridgehead atoms. The number of ketones is 1. The molecule has 0 fully saturated rings. The van der Waals surface area contributed by atoms with E-state index in [-0.39, 0.29) is 43.5 Å². The van der Waals surface area contributed by atoms with Crippen LogP contribution in [-0.2, 0) is 24.9 Å². The topological polar surface area (TPSA) is 76.2 Å². The van der Waals surface area contributed by atoms with Gasteiger partial charge in [-0.15, -0.1) is 18.2 Å². The quantitative estimate of drug-likeness (QED) is 0.0842. The third-order valence-corrected chi connectivity index (χ3v) is 9.96. The Hall–Kier alpha value is -4.90. The summed E-state index contributed by atoms with van der Waals surface area (Å²) in [5.41, 5.74) is 8.96. The Balaban J connectivity index is 0.000000280. The van der Waals surface area contributed by atoms with Crippen molar-refractivity contribution in [2.45, 2.75) is 60.3 Å². The first-order chi connectivity index (χ1) is 24.9. The molecular formula is C46H45IrN2O3-. The first-order valence-electron chi connectivity index (χ1n) is 18.0. The standard InChI is InChI=1S/C33H21N2O.C13H24O2.Ir/c1-21-19-34-20-30-24(21)10-5-11-25(30)26-12-6-13-27-28-14-7-15-29(33(28)36-32(26)27)31-18-23(16-17-35-31)22-8-3-2-4-9-22;1-5-10(6-2)12(14)9-13(15)11(7-3)8-4;/h2-14,16-20H,1H3;9-11,14H,5-8H2,1-4H3;/q-1;;/b;12-9-;. The molecule has 4 aromatic carbocycles. The zero-order chi connectivity index (χ0) is 35.9. The summed E-state index contributed by atoms with van der Waals surface area (Å²) >= 11 is 0. The molecule has 7 aromatic rings. The number of hydrogen-bond acceptors (Lipinski definition) is 5. The Morgan fingerprint density at radius 3 is 2.13 bits per heavy atom. The molecular weight excluding hydrogens is 821 g/mol. The van der Waals surface area contributed by atoms with Gasteiger partial charge in [-0.2, -0.15) is 0 Å². The van der Waals surface area contributed by atoms with Crippen molar-refractivity contribution in [1.29, 1.82) is 0 Å². The van der Waals surface area contributed by atoms with E-state index in [1.54, 1.807) is 0 Å². The number of allylic oxidation sites excluding steroid dienone is 2. The number of nitrogens with zero attached hydrogens (tertiary/aromatic N) is 2. The molecule has 0 aliphatic heterocycles. The van der Waals surface area contributed by atoms with Crippen molar-refractivity contribution in [3.63, 3.8) is 0 Å². The van der Waals surface area contributed by atoms with Crippen molar-refractivity contribution < 1.29 is 34.4 Å². The molecule has 267 valence electrons. The van der Waals surface area contributed by atoms with Crippen molar-refractivity contribution in [2.24, 2.45) is 11.8 Å². The number of furan rings is 1. The van der Waals surface area contributed by atoms with Crippen molar-refractivity contribution >= 4 is 38.5 Å². The molecule has 3 heterocycles. The second-order valence-electron chi connectivity index (χ2n) is 13.0. The van der Waals surface area contributed by atoms with Crippen molar-refractivity contribution in [3.8, 4) is 33.5 Å². The van der Waals surface area contributed by atoms with Crippen molar-refractivity contribution in [3.05, 3.63) is 133 Å². The number of pyridine rings is 2. The minimum absolute atomic E-state index is 0. The van der Waals surface area contributed by atoms with Gasteiger partial charge in [-0.05, 0) is 72.0 Å². The first-order valence-corrected chi connectivity index (χ1v) is 18.0. The zero-order valence-electron chi connectivity index (χ0n) is 30.4. The van der Waals surface area contributed by atoms with Crippen LogP contribution in [0.4, 0.5) is 0 Å². The van der Waals surface area contributed by atoms with Crippen LogP contribution in [0.1, 0.15) is 58.9 Å². The average molecular weight is 866 g/mol. The van der Waals surface area contributed by atoms with Gasteiger partial charge in [0.05, 0.1) is 11.3 Å². The monoisotopic (exact) mass is 866 g/mol. The molecule has 1 radical (unpaired) electrons. The van der Waals surface area contributed by atoms with Gasteiger partial charge in [0.15, 0.2) is 5.78 Å². The van der Waals surface area contributed by atoms with E-state index >= 15 is 0 Å². The normalized spacial score (nSPS) is 11.6. The van der Waals surface area contributed by atoms with Gasteiger partial charge in [-0.3, -0.25) is 9.78 Å². The third-order valence-electron chi connectivity index (χ3n) is 9.96. The van der Waals surface area contributed by atoms with Gasteiger partial charge in [0, 0.05) is 72.9 Å². The smallest absolute Gasteiger partial charge is 0.162 e. The average Bonchev–Trinajstić information content (AvgIpc) is 3.56. The molecule has 0 saturated carbocycles. The molecule has 3 aromatic heterocycles. The molecule has 6 heteroatoms. The predicted molar refractivity (Wildman–Crippen MR) is 211 cm³/mol. The van der Waals surface area contributed by atoms with Crippen LogP contribution in [0.15, 0.2) is 126 Å². The summed E-state index contributed by atoms with van der Waals surface area (Å²) in [6, 6.07) is 34.6. The number of aryl methyl sites for hydroxylation is 1. The number of aromatic nitrogens is 2.